The minimum absolute atomic E-state index is 0.289. The van der Waals surface area contributed by atoms with Gasteiger partial charge in [-0.1, -0.05) is 12.1 Å². The second-order valence-corrected chi connectivity index (χ2v) is 6.95. The van der Waals surface area contributed by atoms with Crippen LogP contribution in [-0.4, -0.2) is 61.6 Å². The third-order valence-corrected chi connectivity index (χ3v) is 4.66. The van der Waals surface area contributed by atoms with Crippen LogP contribution in [0.1, 0.15) is 28.8 Å². The number of likely N-dealkylation sites (N-methyl/N-ethyl adjacent to an activating group) is 1. The summed E-state index contributed by atoms with van der Waals surface area (Å²) in [5, 5.41) is 0. The maximum Gasteiger partial charge on any atom is 0.248 e. The Kier molecular flexibility index (Phi) is 5.30. The molecule has 0 aromatic heterocycles. The van der Waals surface area contributed by atoms with Gasteiger partial charge < -0.3 is 15.4 Å². The van der Waals surface area contributed by atoms with Crippen LogP contribution in [0.25, 0.3) is 0 Å². The van der Waals surface area contributed by atoms with E-state index in [9.17, 15) is 4.79 Å². The molecule has 1 heterocycles. The third-order valence-electron chi connectivity index (χ3n) is 4.66. The second-order valence-electron chi connectivity index (χ2n) is 6.95. The normalized spacial score (nSPS) is 22.4. The van der Waals surface area contributed by atoms with Gasteiger partial charge in [0.25, 0.3) is 0 Å². The van der Waals surface area contributed by atoms with E-state index in [1.807, 2.05) is 24.3 Å². The van der Waals surface area contributed by atoms with Crippen molar-refractivity contribution in [1.29, 1.82) is 0 Å². The van der Waals surface area contributed by atoms with Gasteiger partial charge in [0, 0.05) is 38.3 Å². The fourth-order valence-corrected chi connectivity index (χ4v) is 3.17. The average Bonchev–Trinajstić information content (AvgIpc) is 3.31. The summed E-state index contributed by atoms with van der Waals surface area (Å²) in [6, 6.07) is 7.65. The van der Waals surface area contributed by atoms with Gasteiger partial charge in [-0.25, -0.2) is 0 Å². The van der Waals surface area contributed by atoms with Crippen LogP contribution in [0, 0.1) is 5.92 Å². The van der Waals surface area contributed by atoms with Crippen molar-refractivity contribution in [2.45, 2.75) is 25.5 Å². The predicted molar refractivity (Wildman–Crippen MR) is 90.2 cm³/mol. The molecule has 1 aliphatic carbocycles. The first kappa shape index (κ1) is 16.4. The minimum atomic E-state index is -0.370. The summed E-state index contributed by atoms with van der Waals surface area (Å²) in [5.41, 5.74) is 7.10. The van der Waals surface area contributed by atoms with Gasteiger partial charge in [-0.2, -0.15) is 0 Å². The monoisotopic (exact) mass is 317 g/mol. The third kappa shape index (κ3) is 5.03. The molecule has 0 spiro atoms. The van der Waals surface area contributed by atoms with Crippen LogP contribution in [0.5, 0.6) is 0 Å². The SMILES string of the molecule is CN1CCO[C@@H](CN(Cc2ccc(C(N)=O)cc2)CC2CC2)C1. The van der Waals surface area contributed by atoms with Crippen molar-refractivity contribution < 1.29 is 9.53 Å². The molecule has 0 bridgehead atoms. The van der Waals surface area contributed by atoms with Gasteiger partial charge in [-0.3, -0.25) is 9.69 Å². The lowest BCUT2D eigenvalue weighted by Gasteiger charge is -2.34. The zero-order valence-electron chi connectivity index (χ0n) is 13.9. The Labute approximate surface area is 138 Å². The van der Waals surface area contributed by atoms with Crippen molar-refractivity contribution in [1.82, 2.24) is 9.80 Å². The summed E-state index contributed by atoms with van der Waals surface area (Å²) in [6.07, 6.45) is 2.99. The van der Waals surface area contributed by atoms with Gasteiger partial charge in [0.2, 0.25) is 5.91 Å². The molecule has 2 N–H and O–H groups in total. The van der Waals surface area contributed by atoms with Crippen LogP contribution in [0.4, 0.5) is 0 Å². The lowest BCUT2D eigenvalue weighted by molar-refractivity contribution is -0.0372. The molecule has 2 fully saturated rings. The molecule has 23 heavy (non-hydrogen) atoms. The van der Waals surface area contributed by atoms with Crippen molar-refractivity contribution >= 4 is 5.91 Å². The highest BCUT2D eigenvalue weighted by Crippen LogP contribution is 2.30. The summed E-state index contributed by atoms with van der Waals surface area (Å²) in [4.78, 5) is 16.0. The highest BCUT2D eigenvalue weighted by molar-refractivity contribution is 5.92. The van der Waals surface area contributed by atoms with Gasteiger partial charge in [-0.15, -0.1) is 0 Å². The maximum atomic E-state index is 11.2. The first-order valence-electron chi connectivity index (χ1n) is 8.51. The predicted octanol–water partition coefficient (Wildman–Crippen LogP) is 1.33. The van der Waals surface area contributed by atoms with Crippen molar-refractivity contribution in [3.63, 3.8) is 0 Å². The molecule has 2 aliphatic rings. The fourth-order valence-electron chi connectivity index (χ4n) is 3.17. The first-order valence-corrected chi connectivity index (χ1v) is 8.51. The molecule has 1 aromatic rings. The van der Waals surface area contributed by atoms with Crippen LogP contribution in [0.15, 0.2) is 24.3 Å². The van der Waals surface area contributed by atoms with E-state index >= 15 is 0 Å². The number of primary amides is 1. The molecule has 5 nitrogen and oxygen atoms in total. The molecule has 0 radical (unpaired) electrons. The van der Waals surface area contributed by atoms with Gasteiger partial charge in [-0.05, 0) is 43.5 Å². The number of amides is 1. The van der Waals surface area contributed by atoms with Crippen LogP contribution in [0.2, 0.25) is 0 Å². The molecule has 1 amide bonds. The summed E-state index contributed by atoms with van der Waals surface area (Å²) in [5.74, 6) is 0.478. The van der Waals surface area contributed by atoms with Crippen molar-refractivity contribution in [3.05, 3.63) is 35.4 Å². The number of morpholine rings is 1. The Bertz CT molecular complexity index is 528. The highest BCUT2D eigenvalue weighted by Gasteiger charge is 2.27. The number of rotatable bonds is 7. The number of hydrogen-bond donors (Lipinski definition) is 1. The number of benzene rings is 1. The van der Waals surface area contributed by atoms with E-state index in [4.69, 9.17) is 10.5 Å². The van der Waals surface area contributed by atoms with Gasteiger partial charge in [0.05, 0.1) is 12.7 Å². The van der Waals surface area contributed by atoms with E-state index < -0.39 is 0 Å². The lowest BCUT2D eigenvalue weighted by Crippen LogP contribution is -2.46. The zero-order valence-corrected chi connectivity index (χ0v) is 13.9. The molecule has 1 atom stereocenters. The number of carbonyl (C=O) groups excluding carboxylic acids is 1. The van der Waals surface area contributed by atoms with Crippen molar-refractivity contribution in [2.24, 2.45) is 11.7 Å². The van der Waals surface area contributed by atoms with E-state index in [1.54, 1.807) is 0 Å². The Balaban J connectivity index is 1.60. The van der Waals surface area contributed by atoms with Gasteiger partial charge >= 0.3 is 0 Å². The van der Waals surface area contributed by atoms with Crippen LogP contribution < -0.4 is 5.73 Å². The highest BCUT2D eigenvalue weighted by atomic mass is 16.5. The average molecular weight is 317 g/mol. The number of nitrogens with two attached hydrogens (primary N) is 1. The number of nitrogens with zero attached hydrogens (tertiary/aromatic N) is 2. The Morgan fingerprint density at radius 2 is 2.04 bits per heavy atom. The number of ether oxygens (including phenoxy) is 1. The van der Waals surface area contributed by atoms with E-state index in [0.29, 0.717) is 5.56 Å². The fraction of sp³-hybridized carbons (Fsp3) is 0.611. The van der Waals surface area contributed by atoms with E-state index in [-0.39, 0.29) is 12.0 Å². The van der Waals surface area contributed by atoms with Crippen LogP contribution >= 0.6 is 0 Å². The maximum absolute atomic E-state index is 11.2. The lowest BCUT2D eigenvalue weighted by atomic mass is 10.1. The summed E-state index contributed by atoms with van der Waals surface area (Å²) in [7, 11) is 2.16. The van der Waals surface area contributed by atoms with E-state index in [1.165, 1.54) is 18.4 Å². The molecule has 0 unspecified atom stereocenters. The van der Waals surface area contributed by atoms with Gasteiger partial charge in [0.1, 0.15) is 0 Å². The number of carbonyl (C=O) groups is 1. The van der Waals surface area contributed by atoms with E-state index in [2.05, 4.69) is 16.8 Å². The molecule has 126 valence electrons. The van der Waals surface area contributed by atoms with E-state index in [0.717, 1.165) is 45.2 Å². The largest absolute Gasteiger partial charge is 0.374 e. The summed E-state index contributed by atoms with van der Waals surface area (Å²) < 4.78 is 5.92. The summed E-state index contributed by atoms with van der Waals surface area (Å²) in [6.45, 7) is 5.86. The number of hydrogen-bond acceptors (Lipinski definition) is 4. The second kappa shape index (κ2) is 7.43. The smallest absolute Gasteiger partial charge is 0.248 e. The standard InChI is InChI=1S/C18H27N3O2/c1-20-8-9-23-17(12-20)13-21(10-14-2-3-14)11-15-4-6-16(7-5-15)18(19)22/h4-7,14,17H,2-3,8-13H2,1H3,(H2,19,22)/t17-/m1/s1. The minimum Gasteiger partial charge on any atom is -0.374 e. The summed E-state index contributed by atoms with van der Waals surface area (Å²) >= 11 is 0. The quantitative estimate of drug-likeness (QED) is 0.824. The first-order chi connectivity index (χ1) is 11.1. The Morgan fingerprint density at radius 1 is 1.30 bits per heavy atom. The Morgan fingerprint density at radius 3 is 2.65 bits per heavy atom. The molecule has 1 saturated heterocycles. The topological polar surface area (TPSA) is 58.8 Å². The molecule has 5 heteroatoms. The molecular formula is C18H27N3O2. The molecule has 1 aromatic carbocycles. The van der Waals surface area contributed by atoms with Crippen molar-refractivity contribution in [3.8, 4) is 0 Å². The van der Waals surface area contributed by atoms with Crippen LogP contribution in [-0.2, 0) is 11.3 Å². The van der Waals surface area contributed by atoms with Crippen LogP contribution in [0.3, 0.4) is 0 Å². The molecule has 1 saturated carbocycles. The molecule has 1 aliphatic heterocycles. The molecule has 3 rings (SSSR count). The van der Waals surface area contributed by atoms with Gasteiger partial charge in [0.15, 0.2) is 0 Å². The Hall–Kier alpha value is -1.43. The molecular weight excluding hydrogens is 290 g/mol. The van der Waals surface area contributed by atoms with Crippen molar-refractivity contribution in [2.75, 3.05) is 39.8 Å². The zero-order chi connectivity index (χ0) is 16.2.